The van der Waals surface area contributed by atoms with Crippen LogP contribution in [0.4, 0.5) is 14.9 Å². The molecule has 0 radical (unpaired) electrons. The van der Waals surface area contributed by atoms with Gasteiger partial charge in [0.25, 0.3) is 0 Å². The molecule has 10 heteroatoms. The number of benzene rings is 1. The minimum atomic E-state index is -1.29. The third-order valence-electron chi connectivity index (χ3n) is 3.26. The lowest BCUT2D eigenvalue weighted by atomic mass is 10.1. The Kier molecular flexibility index (Phi) is 7.46. The Morgan fingerprint density at radius 3 is 2.44 bits per heavy atom. The van der Waals surface area contributed by atoms with E-state index < -0.39 is 35.5 Å². The van der Waals surface area contributed by atoms with Crippen LogP contribution in [0.25, 0.3) is 0 Å². The van der Waals surface area contributed by atoms with Crippen LogP contribution in [0, 0.1) is 12.7 Å². The fourth-order valence-electron chi connectivity index (χ4n) is 2.04. The van der Waals surface area contributed by atoms with Gasteiger partial charge in [-0.3, -0.25) is 0 Å². The van der Waals surface area contributed by atoms with E-state index in [-0.39, 0.29) is 27.5 Å². The fraction of sp³-hybridized carbons (Fsp3) is 0.471. The largest absolute Gasteiger partial charge is 0.480 e. The molecule has 8 nitrogen and oxygen atoms in total. The average molecular weight is 402 g/mol. The number of rotatable bonds is 6. The molecule has 0 aromatic heterocycles. The van der Waals surface area contributed by atoms with Crippen molar-refractivity contribution in [2.75, 3.05) is 18.6 Å². The van der Waals surface area contributed by atoms with Gasteiger partial charge in [0, 0.05) is 21.9 Å². The summed E-state index contributed by atoms with van der Waals surface area (Å²) in [5.41, 5.74) is 4.97. The van der Waals surface area contributed by atoms with Crippen LogP contribution >= 0.6 is 11.8 Å². The number of carboxylic acid groups (broad SMARTS) is 1. The Labute approximate surface area is 160 Å². The van der Waals surface area contributed by atoms with E-state index in [4.69, 9.17) is 10.5 Å². The van der Waals surface area contributed by atoms with Gasteiger partial charge in [0.05, 0.1) is 12.7 Å². The number of esters is 1. The van der Waals surface area contributed by atoms with Crippen molar-refractivity contribution < 1.29 is 33.4 Å². The molecule has 1 amide bonds. The van der Waals surface area contributed by atoms with Gasteiger partial charge in [0.15, 0.2) is 0 Å². The highest BCUT2D eigenvalue weighted by atomic mass is 32.2. The van der Waals surface area contributed by atoms with E-state index >= 15 is 0 Å². The first-order valence-corrected chi connectivity index (χ1v) is 8.88. The van der Waals surface area contributed by atoms with Crippen molar-refractivity contribution in [3.8, 4) is 0 Å². The van der Waals surface area contributed by atoms with Crippen LogP contribution in [-0.2, 0) is 14.3 Å². The maximum atomic E-state index is 14.4. The molecule has 0 fully saturated rings. The Morgan fingerprint density at radius 1 is 1.37 bits per heavy atom. The normalized spacial score (nSPS) is 12.2. The van der Waals surface area contributed by atoms with Crippen LogP contribution in [0.3, 0.4) is 0 Å². The fourth-order valence-corrected chi connectivity index (χ4v) is 3.13. The highest BCUT2D eigenvalue weighted by Gasteiger charge is 2.26. The number of nitrogen functional groups attached to an aromatic ring is 1. The molecule has 0 aliphatic carbocycles. The number of hydrogen-bond donors (Lipinski definition) is 3. The molecular formula is C17H23FN2O6S. The smallest absolute Gasteiger partial charge is 0.408 e. The Hall–Kier alpha value is -2.49. The van der Waals surface area contributed by atoms with Gasteiger partial charge in [-0.25, -0.2) is 18.8 Å². The highest BCUT2D eigenvalue weighted by molar-refractivity contribution is 7.99. The van der Waals surface area contributed by atoms with Gasteiger partial charge >= 0.3 is 18.0 Å². The number of thioether (sulfide) groups is 1. The van der Waals surface area contributed by atoms with E-state index in [0.717, 1.165) is 24.9 Å². The number of amides is 1. The van der Waals surface area contributed by atoms with Crippen LogP contribution < -0.4 is 11.1 Å². The minimum Gasteiger partial charge on any atom is -0.480 e. The number of aliphatic carboxylic acids is 1. The lowest BCUT2D eigenvalue weighted by molar-refractivity contribution is -0.138. The lowest BCUT2D eigenvalue weighted by Gasteiger charge is -2.22. The topological polar surface area (TPSA) is 128 Å². The number of carboxylic acids is 1. The summed E-state index contributed by atoms with van der Waals surface area (Å²) in [6.45, 7) is 6.35. The predicted molar refractivity (Wildman–Crippen MR) is 98.4 cm³/mol. The number of anilines is 1. The minimum absolute atomic E-state index is 0.0850. The average Bonchev–Trinajstić information content (AvgIpc) is 2.54. The number of ether oxygens (including phenoxy) is 2. The first kappa shape index (κ1) is 22.6. The van der Waals surface area contributed by atoms with Crippen LogP contribution in [0.1, 0.15) is 36.7 Å². The Bertz CT molecular complexity index is 748. The third-order valence-corrected chi connectivity index (χ3v) is 4.59. The monoisotopic (exact) mass is 402 g/mol. The third kappa shape index (κ3) is 6.31. The number of alkyl carbamates (subject to hydrolysis) is 1. The molecule has 1 unspecified atom stereocenters. The van der Waals surface area contributed by atoms with E-state index in [1.54, 1.807) is 20.8 Å². The van der Waals surface area contributed by atoms with E-state index in [0.29, 0.717) is 0 Å². The summed E-state index contributed by atoms with van der Waals surface area (Å²) >= 11 is 0.944. The number of nitrogens with one attached hydrogen (secondary N) is 1. The number of carbonyl (C=O) groups excluding carboxylic acids is 2. The molecule has 0 aliphatic heterocycles. The molecule has 27 heavy (non-hydrogen) atoms. The van der Waals surface area contributed by atoms with Crippen LogP contribution in [0.5, 0.6) is 0 Å². The maximum Gasteiger partial charge on any atom is 0.408 e. The van der Waals surface area contributed by atoms with Crippen molar-refractivity contribution in [2.45, 2.75) is 44.2 Å². The SMILES string of the molecule is COC(=O)c1cc(N)c(SCC(NC(=O)OC(C)(C)C)C(=O)O)c(C)c1F. The number of halogens is 1. The Morgan fingerprint density at radius 2 is 1.96 bits per heavy atom. The van der Waals surface area contributed by atoms with Crippen LogP contribution in [-0.4, -0.2) is 47.6 Å². The molecule has 1 aromatic rings. The molecule has 0 saturated heterocycles. The van der Waals surface area contributed by atoms with Crippen molar-refractivity contribution in [1.29, 1.82) is 0 Å². The van der Waals surface area contributed by atoms with E-state index in [9.17, 15) is 23.9 Å². The van der Waals surface area contributed by atoms with Gasteiger partial charge in [0.2, 0.25) is 0 Å². The van der Waals surface area contributed by atoms with Crippen molar-refractivity contribution in [3.05, 3.63) is 23.0 Å². The first-order chi connectivity index (χ1) is 12.4. The van der Waals surface area contributed by atoms with E-state index in [1.807, 2.05) is 0 Å². The van der Waals surface area contributed by atoms with E-state index in [1.165, 1.54) is 6.92 Å². The van der Waals surface area contributed by atoms with Gasteiger partial charge in [-0.15, -0.1) is 11.8 Å². The number of methoxy groups -OCH3 is 1. The second kappa shape index (κ2) is 8.94. The number of carbonyl (C=O) groups is 3. The molecule has 1 atom stereocenters. The molecule has 0 spiro atoms. The van der Waals surface area contributed by atoms with Crippen molar-refractivity contribution in [1.82, 2.24) is 5.32 Å². The van der Waals surface area contributed by atoms with E-state index in [2.05, 4.69) is 10.1 Å². The summed E-state index contributed by atoms with van der Waals surface area (Å²) in [5, 5.41) is 11.5. The predicted octanol–water partition coefficient (Wildman–Crippen LogP) is 2.57. The lowest BCUT2D eigenvalue weighted by Crippen LogP contribution is -2.44. The molecule has 150 valence electrons. The van der Waals surface area contributed by atoms with Gasteiger partial charge in [0.1, 0.15) is 17.5 Å². The van der Waals surface area contributed by atoms with Gasteiger partial charge in [-0.1, -0.05) is 0 Å². The summed E-state index contributed by atoms with van der Waals surface area (Å²) in [6.07, 6.45) is -0.882. The zero-order valence-electron chi connectivity index (χ0n) is 15.7. The second-order valence-corrected chi connectivity index (χ2v) is 7.65. The van der Waals surface area contributed by atoms with Gasteiger partial charge < -0.3 is 25.6 Å². The van der Waals surface area contributed by atoms with Crippen molar-refractivity contribution in [2.24, 2.45) is 0 Å². The number of nitrogens with two attached hydrogens (primary N) is 1. The zero-order chi connectivity index (χ0) is 20.9. The molecular weight excluding hydrogens is 379 g/mol. The maximum absolute atomic E-state index is 14.4. The highest BCUT2D eigenvalue weighted by Crippen LogP contribution is 2.33. The number of hydrogen-bond acceptors (Lipinski definition) is 7. The molecule has 0 saturated carbocycles. The second-order valence-electron chi connectivity index (χ2n) is 6.62. The molecule has 4 N–H and O–H groups in total. The standard InChI is InChI=1S/C17H23FN2O6S/c1-8-12(18)9(15(23)25-5)6-10(19)13(8)27-7-11(14(21)22)20-16(24)26-17(2,3)4/h6,11H,7,19H2,1-5H3,(H,20,24)(H,21,22). The summed E-state index contributed by atoms with van der Waals surface area (Å²) in [7, 11) is 1.12. The summed E-state index contributed by atoms with van der Waals surface area (Å²) in [5.74, 6) is -3.08. The van der Waals surface area contributed by atoms with Crippen molar-refractivity contribution >= 4 is 35.5 Å². The van der Waals surface area contributed by atoms with Gasteiger partial charge in [-0.2, -0.15) is 0 Å². The first-order valence-electron chi connectivity index (χ1n) is 7.89. The van der Waals surface area contributed by atoms with Crippen molar-refractivity contribution in [3.63, 3.8) is 0 Å². The molecule has 0 bridgehead atoms. The summed E-state index contributed by atoms with van der Waals surface area (Å²) in [4.78, 5) is 35.0. The van der Waals surface area contributed by atoms with Crippen LogP contribution in [0.2, 0.25) is 0 Å². The molecule has 0 heterocycles. The zero-order valence-corrected chi connectivity index (χ0v) is 16.5. The molecule has 1 aromatic carbocycles. The Balaban J connectivity index is 2.96. The molecule has 1 rings (SSSR count). The van der Waals surface area contributed by atoms with Gasteiger partial charge in [-0.05, 0) is 33.8 Å². The summed E-state index contributed by atoms with van der Waals surface area (Å²) < 4.78 is 23.9. The summed E-state index contributed by atoms with van der Waals surface area (Å²) in [6, 6.07) is -0.153. The quantitative estimate of drug-likeness (QED) is 0.376. The van der Waals surface area contributed by atoms with Crippen LogP contribution in [0.15, 0.2) is 11.0 Å². The molecule has 0 aliphatic rings.